The molecule has 0 saturated heterocycles. The second kappa shape index (κ2) is 8.45. The van der Waals surface area contributed by atoms with Gasteiger partial charge >= 0.3 is 0 Å². The van der Waals surface area contributed by atoms with Crippen LogP contribution in [0.25, 0.3) is 0 Å². The van der Waals surface area contributed by atoms with Crippen molar-refractivity contribution < 1.29 is 18.7 Å². The maximum absolute atomic E-state index is 13.1. The Morgan fingerprint density at radius 3 is 2.32 bits per heavy atom. The van der Waals surface area contributed by atoms with Crippen molar-refractivity contribution in [3.8, 4) is 11.8 Å². The zero-order valence-electron chi connectivity index (χ0n) is 13.3. The molecule has 0 fully saturated rings. The summed E-state index contributed by atoms with van der Waals surface area (Å²) in [6, 6.07) is 13.6. The maximum atomic E-state index is 13.1. The number of carbonyl (C=O) groups is 2. The average molecular weight is 341 g/mol. The topological polar surface area (TPSA) is 96.4 Å². The number of nitrogens with two attached hydrogens (primary N) is 1. The number of nitriles is 1. The zero-order chi connectivity index (χ0) is 18.2. The van der Waals surface area contributed by atoms with Crippen LogP contribution in [0, 0.1) is 17.1 Å². The summed E-state index contributed by atoms with van der Waals surface area (Å²) in [4.78, 5) is 24.8. The molecule has 2 amide bonds. The van der Waals surface area contributed by atoms with Crippen LogP contribution in [0.2, 0.25) is 0 Å². The number of primary amides is 1. The van der Waals surface area contributed by atoms with Crippen molar-refractivity contribution in [2.24, 2.45) is 5.73 Å². The Balaban J connectivity index is 2.06. The third-order valence-corrected chi connectivity index (χ3v) is 3.37. The highest BCUT2D eigenvalue weighted by atomic mass is 19.1. The smallest absolute Gasteiger partial charge is 0.264 e. The Bertz CT molecular complexity index is 783. The number of halogens is 1. The van der Waals surface area contributed by atoms with Crippen LogP contribution in [-0.4, -0.2) is 25.0 Å². The molecule has 0 aliphatic heterocycles. The van der Waals surface area contributed by atoms with Crippen LogP contribution < -0.4 is 15.4 Å². The lowest BCUT2D eigenvalue weighted by atomic mass is 10.2. The molecule has 0 spiro atoms. The fourth-order valence-corrected chi connectivity index (χ4v) is 2.09. The van der Waals surface area contributed by atoms with Crippen LogP contribution in [0.3, 0.4) is 0 Å². The maximum Gasteiger partial charge on any atom is 0.264 e. The van der Waals surface area contributed by atoms with E-state index < -0.39 is 17.6 Å². The monoisotopic (exact) mass is 341 g/mol. The Hall–Kier alpha value is -3.40. The van der Waals surface area contributed by atoms with E-state index in [1.165, 1.54) is 29.2 Å². The molecule has 0 radical (unpaired) electrons. The largest absolute Gasteiger partial charge is 0.484 e. The molecule has 0 atom stereocenters. The number of benzene rings is 2. The van der Waals surface area contributed by atoms with E-state index in [9.17, 15) is 14.0 Å². The van der Waals surface area contributed by atoms with E-state index in [1.54, 1.807) is 24.3 Å². The van der Waals surface area contributed by atoms with Crippen molar-refractivity contribution in [1.29, 1.82) is 5.26 Å². The summed E-state index contributed by atoms with van der Waals surface area (Å²) in [6.07, 6.45) is -0.0278. The Labute approximate surface area is 144 Å². The van der Waals surface area contributed by atoms with E-state index in [1.807, 2.05) is 6.07 Å². The molecular weight excluding hydrogens is 325 g/mol. The van der Waals surface area contributed by atoms with E-state index in [0.29, 0.717) is 17.0 Å². The van der Waals surface area contributed by atoms with Crippen LogP contribution in [0.5, 0.6) is 5.75 Å². The molecule has 0 aromatic heterocycles. The lowest BCUT2D eigenvalue weighted by Gasteiger charge is -2.22. The van der Waals surface area contributed by atoms with Crippen molar-refractivity contribution >= 4 is 17.5 Å². The molecule has 0 bridgehead atoms. The predicted molar refractivity (Wildman–Crippen MR) is 89.2 cm³/mol. The summed E-state index contributed by atoms with van der Waals surface area (Å²) in [6.45, 7) is -0.210. The van der Waals surface area contributed by atoms with Gasteiger partial charge in [-0.15, -0.1) is 0 Å². The van der Waals surface area contributed by atoms with Crippen molar-refractivity contribution in [2.45, 2.75) is 6.42 Å². The molecule has 25 heavy (non-hydrogen) atoms. The first kappa shape index (κ1) is 17.9. The van der Waals surface area contributed by atoms with E-state index in [0.717, 1.165) is 0 Å². The van der Waals surface area contributed by atoms with Gasteiger partial charge < -0.3 is 15.4 Å². The van der Waals surface area contributed by atoms with E-state index in [2.05, 4.69) is 0 Å². The van der Waals surface area contributed by atoms with Gasteiger partial charge in [-0.2, -0.15) is 5.26 Å². The van der Waals surface area contributed by atoms with Gasteiger partial charge in [-0.25, -0.2) is 4.39 Å². The van der Waals surface area contributed by atoms with E-state index >= 15 is 0 Å². The second-order valence-electron chi connectivity index (χ2n) is 5.16. The lowest BCUT2D eigenvalue weighted by Crippen LogP contribution is -2.37. The fourth-order valence-electron chi connectivity index (χ4n) is 2.09. The minimum atomic E-state index is -0.548. The van der Waals surface area contributed by atoms with Gasteiger partial charge in [-0.1, -0.05) is 0 Å². The number of nitrogens with zero attached hydrogens (tertiary/aromatic N) is 2. The van der Waals surface area contributed by atoms with Gasteiger partial charge in [0.2, 0.25) is 5.91 Å². The van der Waals surface area contributed by atoms with Gasteiger partial charge in [-0.05, 0) is 48.5 Å². The molecule has 0 aliphatic rings. The number of ether oxygens (including phenoxy) is 1. The minimum absolute atomic E-state index is 0.0278. The van der Waals surface area contributed by atoms with Gasteiger partial charge in [-0.3, -0.25) is 9.59 Å². The lowest BCUT2D eigenvalue weighted by molar-refractivity contribution is -0.120. The summed E-state index contributed by atoms with van der Waals surface area (Å²) in [5, 5.41) is 8.75. The van der Waals surface area contributed by atoms with Gasteiger partial charge in [0.15, 0.2) is 6.61 Å². The average Bonchev–Trinajstić information content (AvgIpc) is 2.61. The number of rotatable bonds is 7. The summed E-state index contributed by atoms with van der Waals surface area (Å²) < 4.78 is 18.5. The molecular formula is C18H16FN3O3. The van der Waals surface area contributed by atoms with Gasteiger partial charge in [0.05, 0.1) is 11.6 Å². The second-order valence-corrected chi connectivity index (χ2v) is 5.16. The molecule has 2 rings (SSSR count). The Kier molecular flexibility index (Phi) is 6.07. The van der Waals surface area contributed by atoms with E-state index in [-0.39, 0.29) is 19.6 Å². The van der Waals surface area contributed by atoms with Crippen molar-refractivity contribution in [2.75, 3.05) is 18.1 Å². The minimum Gasteiger partial charge on any atom is -0.484 e. The molecule has 2 N–H and O–H groups in total. The first-order valence-electron chi connectivity index (χ1n) is 7.47. The predicted octanol–water partition coefficient (Wildman–Crippen LogP) is 1.98. The fraction of sp³-hybridized carbons (Fsp3) is 0.167. The molecule has 6 nitrogen and oxygen atoms in total. The molecule has 0 heterocycles. The highest BCUT2D eigenvalue weighted by Crippen LogP contribution is 2.17. The van der Waals surface area contributed by atoms with Crippen LogP contribution in [-0.2, 0) is 9.59 Å². The normalized spacial score (nSPS) is 9.92. The van der Waals surface area contributed by atoms with Gasteiger partial charge in [0.25, 0.3) is 5.91 Å². The molecule has 2 aromatic rings. The first-order valence-corrected chi connectivity index (χ1v) is 7.47. The summed E-state index contributed by atoms with van der Waals surface area (Å²) in [5.74, 6) is -0.952. The Morgan fingerprint density at radius 1 is 1.12 bits per heavy atom. The van der Waals surface area contributed by atoms with Crippen LogP contribution in [0.4, 0.5) is 10.1 Å². The number of anilines is 1. The summed E-state index contributed by atoms with van der Waals surface area (Å²) >= 11 is 0. The van der Waals surface area contributed by atoms with Crippen molar-refractivity contribution in [3.63, 3.8) is 0 Å². The van der Waals surface area contributed by atoms with Gasteiger partial charge in [0.1, 0.15) is 11.6 Å². The molecule has 0 unspecified atom stereocenters. The van der Waals surface area contributed by atoms with Crippen LogP contribution >= 0.6 is 0 Å². The summed E-state index contributed by atoms with van der Waals surface area (Å²) in [7, 11) is 0. The zero-order valence-corrected chi connectivity index (χ0v) is 13.3. The third kappa shape index (κ3) is 5.32. The number of amides is 2. The van der Waals surface area contributed by atoms with Crippen molar-refractivity contribution in [3.05, 3.63) is 59.9 Å². The molecule has 7 heteroatoms. The standard InChI is InChI=1S/C18H16FN3O3/c19-14-3-5-15(6-4-14)22(10-9-17(21)23)18(24)12-25-16-7-1-13(11-20)2-8-16/h1-8H,9-10,12H2,(H2,21,23). The number of hydrogen-bond acceptors (Lipinski definition) is 4. The molecule has 2 aromatic carbocycles. The Morgan fingerprint density at radius 2 is 1.76 bits per heavy atom. The summed E-state index contributed by atoms with van der Waals surface area (Å²) in [5.41, 5.74) is 6.06. The quantitative estimate of drug-likeness (QED) is 0.833. The highest BCUT2D eigenvalue weighted by Gasteiger charge is 2.17. The molecule has 0 aliphatic carbocycles. The van der Waals surface area contributed by atoms with Crippen molar-refractivity contribution in [1.82, 2.24) is 0 Å². The molecule has 128 valence electrons. The highest BCUT2D eigenvalue weighted by molar-refractivity contribution is 5.95. The third-order valence-electron chi connectivity index (χ3n) is 3.37. The van der Waals surface area contributed by atoms with Crippen LogP contribution in [0.1, 0.15) is 12.0 Å². The van der Waals surface area contributed by atoms with E-state index in [4.69, 9.17) is 15.7 Å². The molecule has 0 saturated carbocycles. The van der Waals surface area contributed by atoms with Gasteiger partial charge in [0, 0.05) is 18.7 Å². The number of carbonyl (C=O) groups excluding carboxylic acids is 2. The first-order chi connectivity index (χ1) is 12.0. The van der Waals surface area contributed by atoms with Crippen LogP contribution in [0.15, 0.2) is 48.5 Å². The SMILES string of the molecule is N#Cc1ccc(OCC(=O)N(CCC(N)=O)c2ccc(F)cc2)cc1. The number of hydrogen-bond donors (Lipinski definition) is 1.